The van der Waals surface area contributed by atoms with Gasteiger partial charge in [0.2, 0.25) is 0 Å². The lowest BCUT2D eigenvalue weighted by Gasteiger charge is -2.14. The molecule has 0 aliphatic carbocycles. The van der Waals surface area contributed by atoms with Gasteiger partial charge in [-0.2, -0.15) is 0 Å². The second-order valence-electron chi connectivity index (χ2n) is 4.78. The molecule has 1 unspecified atom stereocenters. The molecule has 0 bridgehead atoms. The largest absolute Gasteiger partial charge is 0.481 e. The highest BCUT2D eigenvalue weighted by atomic mass is 79.9. The number of carbonyl (C=O) groups is 1. The van der Waals surface area contributed by atoms with E-state index in [4.69, 9.17) is 0 Å². The maximum atomic E-state index is 11.6. The Labute approximate surface area is 127 Å². The number of rotatable bonds is 5. The first-order valence-corrected chi connectivity index (χ1v) is 7.46. The van der Waals surface area contributed by atoms with Gasteiger partial charge in [-0.1, -0.05) is 65.3 Å². The second-order valence-corrected chi connectivity index (χ2v) is 5.64. The lowest BCUT2D eigenvalue weighted by Crippen LogP contribution is -2.14. The van der Waals surface area contributed by atoms with E-state index in [-0.39, 0.29) is 0 Å². The Morgan fingerprint density at radius 1 is 1.15 bits per heavy atom. The van der Waals surface area contributed by atoms with Gasteiger partial charge in [0, 0.05) is 4.47 Å². The molecule has 2 rings (SSSR count). The predicted molar refractivity (Wildman–Crippen MR) is 84.0 cm³/mol. The van der Waals surface area contributed by atoms with E-state index in [9.17, 15) is 9.90 Å². The third-order valence-electron chi connectivity index (χ3n) is 3.47. The van der Waals surface area contributed by atoms with E-state index in [1.54, 1.807) is 0 Å². The first kappa shape index (κ1) is 14.8. The fourth-order valence-corrected chi connectivity index (χ4v) is 2.66. The van der Waals surface area contributed by atoms with Crippen LogP contribution in [0.5, 0.6) is 0 Å². The first-order chi connectivity index (χ1) is 9.61. The van der Waals surface area contributed by atoms with Crippen molar-refractivity contribution >= 4 is 21.9 Å². The van der Waals surface area contributed by atoms with Crippen molar-refractivity contribution in [2.24, 2.45) is 0 Å². The van der Waals surface area contributed by atoms with Gasteiger partial charge in [-0.05, 0) is 35.6 Å². The summed E-state index contributed by atoms with van der Waals surface area (Å²) in [7, 11) is 0. The number of halogens is 1. The van der Waals surface area contributed by atoms with Crippen LogP contribution < -0.4 is 0 Å². The zero-order valence-corrected chi connectivity index (χ0v) is 12.9. The molecule has 0 aliphatic rings. The molecule has 2 nitrogen and oxygen atoms in total. The van der Waals surface area contributed by atoms with Crippen LogP contribution in [0.25, 0.3) is 0 Å². The normalized spacial score (nSPS) is 12.1. The van der Waals surface area contributed by atoms with Crippen molar-refractivity contribution < 1.29 is 9.90 Å². The molecule has 2 aromatic carbocycles. The molecule has 2 aromatic rings. The summed E-state index contributed by atoms with van der Waals surface area (Å²) in [6.07, 6.45) is 1.45. The van der Waals surface area contributed by atoms with Gasteiger partial charge in [0.25, 0.3) is 0 Å². The third-order valence-corrected chi connectivity index (χ3v) is 4.24. The molecule has 0 spiro atoms. The zero-order chi connectivity index (χ0) is 14.5. The zero-order valence-electron chi connectivity index (χ0n) is 11.3. The van der Waals surface area contributed by atoms with E-state index in [0.29, 0.717) is 6.42 Å². The molecule has 1 N–H and O–H groups in total. The van der Waals surface area contributed by atoms with Crippen LogP contribution >= 0.6 is 15.9 Å². The SMILES string of the molecule is CCc1ccc(C(Cc2ccccc2Br)C(=O)O)cc1. The quantitative estimate of drug-likeness (QED) is 0.879. The van der Waals surface area contributed by atoms with Gasteiger partial charge in [-0.15, -0.1) is 0 Å². The van der Waals surface area contributed by atoms with Gasteiger partial charge in [-0.3, -0.25) is 4.79 Å². The molecule has 0 fully saturated rings. The van der Waals surface area contributed by atoms with E-state index in [1.807, 2.05) is 48.5 Å². The molecule has 0 aliphatic heterocycles. The van der Waals surface area contributed by atoms with Gasteiger partial charge < -0.3 is 5.11 Å². The monoisotopic (exact) mass is 332 g/mol. The fourth-order valence-electron chi connectivity index (χ4n) is 2.22. The number of aliphatic carboxylic acids is 1. The summed E-state index contributed by atoms with van der Waals surface area (Å²) in [5, 5.41) is 9.49. The predicted octanol–water partition coefficient (Wildman–Crippen LogP) is 4.42. The van der Waals surface area contributed by atoms with Crippen molar-refractivity contribution in [2.75, 3.05) is 0 Å². The van der Waals surface area contributed by atoms with Crippen LogP contribution in [0, 0.1) is 0 Å². The molecular weight excluding hydrogens is 316 g/mol. The molecule has 104 valence electrons. The van der Waals surface area contributed by atoms with E-state index >= 15 is 0 Å². The summed E-state index contributed by atoms with van der Waals surface area (Å²) < 4.78 is 0.955. The average Bonchev–Trinajstić information content (AvgIpc) is 2.46. The molecular formula is C17H17BrO2. The lowest BCUT2D eigenvalue weighted by atomic mass is 9.91. The van der Waals surface area contributed by atoms with E-state index < -0.39 is 11.9 Å². The Bertz CT molecular complexity index is 590. The highest BCUT2D eigenvalue weighted by molar-refractivity contribution is 9.10. The van der Waals surface area contributed by atoms with Crippen LogP contribution in [0.2, 0.25) is 0 Å². The molecule has 0 saturated carbocycles. The summed E-state index contributed by atoms with van der Waals surface area (Å²) in [6, 6.07) is 15.6. The third kappa shape index (κ3) is 3.48. The first-order valence-electron chi connectivity index (χ1n) is 6.67. The number of carboxylic acids is 1. The summed E-state index contributed by atoms with van der Waals surface area (Å²) in [5.41, 5.74) is 3.09. The van der Waals surface area contributed by atoms with Gasteiger partial charge in [0.05, 0.1) is 5.92 Å². The van der Waals surface area contributed by atoms with Crippen LogP contribution in [0.1, 0.15) is 29.5 Å². The number of aryl methyl sites for hydroxylation is 1. The van der Waals surface area contributed by atoms with Gasteiger partial charge in [-0.25, -0.2) is 0 Å². The lowest BCUT2D eigenvalue weighted by molar-refractivity contribution is -0.138. The molecule has 0 radical (unpaired) electrons. The Morgan fingerprint density at radius 2 is 1.80 bits per heavy atom. The minimum absolute atomic E-state index is 0.488. The summed E-state index contributed by atoms with van der Waals surface area (Å²) in [5.74, 6) is -1.30. The van der Waals surface area contributed by atoms with Crippen molar-refractivity contribution in [3.63, 3.8) is 0 Å². The molecule has 1 atom stereocenters. The Hall–Kier alpha value is -1.61. The summed E-state index contributed by atoms with van der Waals surface area (Å²) in [4.78, 5) is 11.6. The van der Waals surface area contributed by atoms with Gasteiger partial charge >= 0.3 is 5.97 Å². The topological polar surface area (TPSA) is 37.3 Å². The van der Waals surface area contributed by atoms with Gasteiger partial charge in [0.15, 0.2) is 0 Å². The van der Waals surface area contributed by atoms with Crippen molar-refractivity contribution in [1.29, 1.82) is 0 Å². The van der Waals surface area contributed by atoms with Crippen molar-refractivity contribution in [2.45, 2.75) is 25.7 Å². The molecule has 0 heterocycles. The maximum absolute atomic E-state index is 11.6. The molecule has 20 heavy (non-hydrogen) atoms. The Kier molecular flexibility index (Phi) is 4.96. The molecule has 0 amide bonds. The molecule has 0 aromatic heterocycles. The van der Waals surface area contributed by atoms with Crippen LogP contribution in [-0.2, 0) is 17.6 Å². The Balaban J connectivity index is 2.27. The van der Waals surface area contributed by atoms with E-state index in [2.05, 4.69) is 22.9 Å². The number of hydrogen-bond donors (Lipinski definition) is 1. The van der Waals surface area contributed by atoms with Crippen molar-refractivity contribution in [3.8, 4) is 0 Å². The van der Waals surface area contributed by atoms with Crippen LogP contribution in [-0.4, -0.2) is 11.1 Å². The van der Waals surface area contributed by atoms with Crippen molar-refractivity contribution in [1.82, 2.24) is 0 Å². The minimum atomic E-state index is -0.787. The van der Waals surface area contributed by atoms with E-state index in [0.717, 1.165) is 22.0 Å². The minimum Gasteiger partial charge on any atom is -0.481 e. The smallest absolute Gasteiger partial charge is 0.311 e. The average molecular weight is 333 g/mol. The summed E-state index contributed by atoms with van der Waals surface area (Å²) >= 11 is 3.48. The fraction of sp³-hybridized carbons (Fsp3) is 0.235. The second kappa shape index (κ2) is 6.71. The highest BCUT2D eigenvalue weighted by Gasteiger charge is 2.21. The van der Waals surface area contributed by atoms with E-state index in [1.165, 1.54) is 5.56 Å². The van der Waals surface area contributed by atoms with Crippen molar-refractivity contribution in [3.05, 3.63) is 69.7 Å². The maximum Gasteiger partial charge on any atom is 0.311 e. The number of benzene rings is 2. The number of hydrogen-bond acceptors (Lipinski definition) is 1. The van der Waals surface area contributed by atoms with Crippen LogP contribution in [0.15, 0.2) is 53.0 Å². The molecule has 0 saturated heterocycles. The highest BCUT2D eigenvalue weighted by Crippen LogP contribution is 2.26. The van der Waals surface area contributed by atoms with Crippen LogP contribution in [0.3, 0.4) is 0 Å². The molecule has 3 heteroatoms. The van der Waals surface area contributed by atoms with Gasteiger partial charge in [0.1, 0.15) is 0 Å². The standard InChI is InChI=1S/C17H17BrO2/c1-2-12-7-9-13(10-8-12)15(17(19)20)11-14-5-3-4-6-16(14)18/h3-10,15H,2,11H2,1H3,(H,19,20). The van der Waals surface area contributed by atoms with Crippen LogP contribution in [0.4, 0.5) is 0 Å². The summed E-state index contributed by atoms with van der Waals surface area (Å²) in [6.45, 7) is 2.09. The number of carboxylic acid groups (broad SMARTS) is 1. The Morgan fingerprint density at radius 3 is 2.35 bits per heavy atom.